The Labute approximate surface area is 152 Å². The van der Waals surface area contributed by atoms with Crippen molar-refractivity contribution in [3.8, 4) is 5.75 Å². The minimum absolute atomic E-state index is 0.350. The maximum atomic E-state index is 12.5. The molecule has 0 aliphatic carbocycles. The molecule has 6 nitrogen and oxygen atoms in total. The van der Waals surface area contributed by atoms with Gasteiger partial charge in [0.2, 0.25) is 10.0 Å². The molecule has 0 radical (unpaired) electrons. The van der Waals surface area contributed by atoms with Gasteiger partial charge in [0.1, 0.15) is 5.75 Å². The summed E-state index contributed by atoms with van der Waals surface area (Å²) in [7, 11) is -0.407. The summed E-state index contributed by atoms with van der Waals surface area (Å²) < 4.78 is 29.7. The maximum Gasteiger partial charge on any atom is 0.255 e. The van der Waals surface area contributed by atoms with Crippen LogP contribution in [0, 0.1) is 6.92 Å². The van der Waals surface area contributed by atoms with E-state index in [2.05, 4.69) is 5.32 Å². The van der Waals surface area contributed by atoms with Crippen molar-refractivity contribution in [2.24, 2.45) is 0 Å². The first-order valence-electron chi connectivity index (χ1n) is 7.33. The Balaban J connectivity index is 2.30. The molecule has 0 aromatic heterocycles. The van der Waals surface area contributed by atoms with Gasteiger partial charge in [-0.2, -0.15) is 0 Å². The summed E-state index contributed by atoms with van der Waals surface area (Å²) >= 11 is 5.96. The third-order valence-electron chi connectivity index (χ3n) is 3.71. The molecule has 0 unspecified atom stereocenters. The highest BCUT2D eigenvalue weighted by molar-refractivity contribution is 7.92. The van der Waals surface area contributed by atoms with E-state index < -0.39 is 10.0 Å². The van der Waals surface area contributed by atoms with Gasteiger partial charge in [0.25, 0.3) is 5.91 Å². The smallest absolute Gasteiger partial charge is 0.255 e. The number of nitrogens with one attached hydrogen (secondary N) is 1. The molecule has 8 heteroatoms. The first kappa shape index (κ1) is 19.1. The number of methoxy groups -OCH3 is 1. The lowest BCUT2D eigenvalue weighted by Gasteiger charge is -2.19. The van der Waals surface area contributed by atoms with Gasteiger partial charge in [0, 0.05) is 17.6 Å². The average Bonchev–Trinajstić information content (AvgIpc) is 2.53. The second-order valence-electron chi connectivity index (χ2n) is 5.53. The van der Waals surface area contributed by atoms with E-state index in [1.54, 1.807) is 43.3 Å². The van der Waals surface area contributed by atoms with Crippen LogP contribution in [0.2, 0.25) is 5.02 Å². The molecule has 2 aromatic carbocycles. The number of halogens is 1. The lowest BCUT2D eigenvalue weighted by molar-refractivity contribution is 0.102. The second-order valence-corrected chi connectivity index (χ2v) is 7.98. The Morgan fingerprint density at radius 3 is 2.44 bits per heavy atom. The largest absolute Gasteiger partial charge is 0.495 e. The Morgan fingerprint density at radius 2 is 1.88 bits per heavy atom. The number of aryl methyl sites for hydroxylation is 1. The molecule has 2 aromatic rings. The van der Waals surface area contributed by atoms with Crippen molar-refractivity contribution in [3.05, 3.63) is 52.5 Å². The van der Waals surface area contributed by atoms with Crippen LogP contribution in [-0.2, 0) is 10.0 Å². The number of carbonyl (C=O) groups excluding carboxylic acids is 1. The number of anilines is 2. The molecule has 0 heterocycles. The number of nitrogens with zero attached hydrogens (tertiary/aromatic N) is 1. The first-order chi connectivity index (χ1) is 11.6. The van der Waals surface area contributed by atoms with Gasteiger partial charge in [0.15, 0.2) is 0 Å². The fourth-order valence-corrected chi connectivity index (χ4v) is 3.04. The summed E-state index contributed by atoms with van der Waals surface area (Å²) in [6, 6.07) is 9.71. The Kier molecular flexibility index (Phi) is 5.59. The van der Waals surface area contributed by atoms with Crippen LogP contribution < -0.4 is 14.4 Å². The molecule has 0 fully saturated rings. The van der Waals surface area contributed by atoms with E-state index in [1.807, 2.05) is 0 Å². The molecule has 0 saturated carbocycles. The summed E-state index contributed by atoms with van der Waals surface area (Å²) in [5, 5.41) is 3.21. The fraction of sp³-hybridized carbons (Fsp3) is 0.235. The lowest BCUT2D eigenvalue weighted by Crippen LogP contribution is -2.25. The van der Waals surface area contributed by atoms with Crippen LogP contribution in [-0.4, -0.2) is 34.7 Å². The Bertz CT molecular complexity index is 913. The Morgan fingerprint density at radius 1 is 1.20 bits per heavy atom. The van der Waals surface area contributed by atoms with Gasteiger partial charge in [-0.05, 0) is 48.9 Å². The van der Waals surface area contributed by atoms with E-state index >= 15 is 0 Å². The zero-order valence-corrected chi connectivity index (χ0v) is 15.9. The van der Waals surface area contributed by atoms with Crippen molar-refractivity contribution in [2.45, 2.75) is 6.92 Å². The van der Waals surface area contributed by atoms with Crippen molar-refractivity contribution >= 4 is 38.9 Å². The predicted molar refractivity (Wildman–Crippen MR) is 100 cm³/mol. The van der Waals surface area contributed by atoms with Crippen LogP contribution in [0.4, 0.5) is 11.4 Å². The zero-order chi connectivity index (χ0) is 18.8. The second kappa shape index (κ2) is 7.33. The van der Waals surface area contributed by atoms with E-state index in [9.17, 15) is 13.2 Å². The molecule has 2 rings (SSSR count). The number of benzene rings is 2. The van der Waals surface area contributed by atoms with Crippen LogP contribution in [0.5, 0.6) is 5.75 Å². The van der Waals surface area contributed by atoms with Crippen LogP contribution in [0.1, 0.15) is 15.9 Å². The maximum absolute atomic E-state index is 12.5. The highest BCUT2D eigenvalue weighted by Gasteiger charge is 2.16. The van der Waals surface area contributed by atoms with Gasteiger partial charge in [0.05, 0.1) is 24.7 Å². The fourth-order valence-electron chi connectivity index (χ4n) is 2.30. The topological polar surface area (TPSA) is 75.7 Å². The summed E-state index contributed by atoms with van der Waals surface area (Å²) in [6.07, 6.45) is 1.12. The molecule has 1 N–H and O–H groups in total. The highest BCUT2D eigenvalue weighted by Crippen LogP contribution is 2.29. The molecule has 1 amide bonds. The van der Waals surface area contributed by atoms with Crippen molar-refractivity contribution < 1.29 is 17.9 Å². The molecule has 0 bridgehead atoms. The van der Waals surface area contributed by atoms with E-state index in [0.717, 1.165) is 6.26 Å². The van der Waals surface area contributed by atoms with E-state index in [0.29, 0.717) is 33.3 Å². The quantitative estimate of drug-likeness (QED) is 0.860. The van der Waals surface area contributed by atoms with Gasteiger partial charge in [-0.25, -0.2) is 8.42 Å². The molecule has 0 atom stereocenters. The number of ether oxygens (including phenoxy) is 1. The van der Waals surface area contributed by atoms with Gasteiger partial charge in [-0.3, -0.25) is 9.10 Å². The molecular weight excluding hydrogens is 364 g/mol. The van der Waals surface area contributed by atoms with Crippen molar-refractivity contribution in [1.29, 1.82) is 0 Å². The molecule has 0 saturated heterocycles. The summed E-state index contributed by atoms with van der Waals surface area (Å²) in [6.45, 7) is 1.74. The highest BCUT2D eigenvalue weighted by atomic mass is 35.5. The standard InChI is InChI=1S/C17H19ClN2O4S/c1-11-9-12(5-7-15(11)20(2)25(4,22)23)17(21)19-14-10-13(18)6-8-16(14)24-3/h5-10H,1-4H3,(H,19,21). The molecule has 0 spiro atoms. The van der Waals surface area contributed by atoms with Crippen molar-refractivity contribution in [3.63, 3.8) is 0 Å². The predicted octanol–water partition coefficient (Wildman–Crippen LogP) is 3.31. The SMILES string of the molecule is COc1ccc(Cl)cc1NC(=O)c1ccc(N(C)S(C)(=O)=O)c(C)c1. The number of hydrogen-bond acceptors (Lipinski definition) is 4. The molecular formula is C17H19ClN2O4S. The van der Waals surface area contributed by atoms with Crippen LogP contribution in [0.25, 0.3) is 0 Å². The third kappa shape index (κ3) is 4.43. The number of hydrogen-bond donors (Lipinski definition) is 1. The van der Waals surface area contributed by atoms with E-state index in [4.69, 9.17) is 16.3 Å². The first-order valence-corrected chi connectivity index (χ1v) is 9.55. The van der Waals surface area contributed by atoms with E-state index in [-0.39, 0.29) is 5.91 Å². The number of carbonyl (C=O) groups is 1. The monoisotopic (exact) mass is 382 g/mol. The number of sulfonamides is 1. The van der Waals surface area contributed by atoms with Crippen molar-refractivity contribution in [1.82, 2.24) is 0 Å². The number of rotatable bonds is 5. The van der Waals surface area contributed by atoms with Gasteiger partial charge >= 0.3 is 0 Å². The zero-order valence-electron chi connectivity index (χ0n) is 14.3. The van der Waals surface area contributed by atoms with Crippen LogP contribution >= 0.6 is 11.6 Å². The molecule has 25 heavy (non-hydrogen) atoms. The third-order valence-corrected chi connectivity index (χ3v) is 5.13. The Hall–Kier alpha value is -2.25. The summed E-state index contributed by atoms with van der Waals surface area (Å²) in [4.78, 5) is 12.5. The van der Waals surface area contributed by atoms with E-state index in [1.165, 1.54) is 18.5 Å². The van der Waals surface area contributed by atoms with Gasteiger partial charge < -0.3 is 10.1 Å². The van der Waals surface area contributed by atoms with Crippen LogP contribution in [0.3, 0.4) is 0 Å². The van der Waals surface area contributed by atoms with Crippen molar-refractivity contribution in [2.75, 3.05) is 30.0 Å². The molecule has 0 aliphatic rings. The minimum Gasteiger partial charge on any atom is -0.495 e. The van der Waals surface area contributed by atoms with Gasteiger partial charge in [-0.1, -0.05) is 11.6 Å². The average molecular weight is 383 g/mol. The van der Waals surface area contributed by atoms with Crippen LogP contribution in [0.15, 0.2) is 36.4 Å². The summed E-state index contributed by atoms with van der Waals surface area (Å²) in [5.41, 5.74) is 2.03. The normalized spacial score (nSPS) is 11.1. The minimum atomic E-state index is -3.37. The summed E-state index contributed by atoms with van der Waals surface area (Å²) in [5.74, 6) is 0.139. The molecule has 134 valence electrons. The molecule has 0 aliphatic heterocycles. The lowest BCUT2D eigenvalue weighted by atomic mass is 10.1. The van der Waals surface area contributed by atoms with Gasteiger partial charge in [-0.15, -0.1) is 0 Å². The number of amides is 1.